The molecule has 0 aliphatic carbocycles. The summed E-state index contributed by atoms with van der Waals surface area (Å²) in [4.78, 5) is 35.3. The summed E-state index contributed by atoms with van der Waals surface area (Å²) in [6, 6.07) is 13.0. The molecular formula is C23H26FNO4. The summed E-state index contributed by atoms with van der Waals surface area (Å²) in [5.41, 5.74) is 7.07. The maximum absolute atomic E-state index is 14.6. The van der Waals surface area contributed by atoms with Gasteiger partial charge in [-0.15, -0.1) is 0 Å². The summed E-state index contributed by atoms with van der Waals surface area (Å²) < 4.78 is 19.6. The standard InChI is InChI=1S/C23H26FNO4/c1-3-17(23(28)19-8-10-21(11-9-19)29-15(2)26)13-20(24)12-16-4-6-18(7-5-16)22(27)14-25/h4-11,17,20H,3,12-14,25H2,1-2H3. The number of esters is 1. The molecule has 2 aromatic carbocycles. The van der Waals surface area contributed by atoms with E-state index in [9.17, 15) is 18.8 Å². The van der Waals surface area contributed by atoms with Crippen LogP contribution >= 0.6 is 0 Å². The van der Waals surface area contributed by atoms with Crippen molar-refractivity contribution in [1.29, 1.82) is 0 Å². The Morgan fingerprint density at radius 1 is 1.00 bits per heavy atom. The van der Waals surface area contributed by atoms with Crippen molar-refractivity contribution in [3.05, 3.63) is 65.2 Å². The van der Waals surface area contributed by atoms with E-state index in [1.54, 1.807) is 48.5 Å². The first-order valence-electron chi connectivity index (χ1n) is 9.63. The van der Waals surface area contributed by atoms with Crippen LogP contribution in [-0.2, 0) is 11.2 Å². The van der Waals surface area contributed by atoms with Crippen LogP contribution in [-0.4, -0.2) is 30.3 Å². The van der Waals surface area contributed by atoms with Crippen LogP contribution in [0.1, 0.15) is 53.0 Å². The largest absolute Gasteiger partial charge is 0.427 e. The molecule has 0 saturated heterocycles. The summed E-state index contributed by atoms with van der Waals surface area (Å²) >= 11 is 0. The molecule has 0 amide bonds. The van der Waals surface area contributed by atoms with Gasteiger partial charge in [0.2, 0.25) is 0 Å². The van der Waals surface area contributed by atoms with Crippen molar-refractivity contribution >= 4 is 17.5 Å². The first-order valence-corrected chi connectivity index (χ1v) is 9.63. The number of hydrogen-bond donors (Lipinski definition) is 1. The SMILES string of the molecule is CCC(CC(F)Cc1ccc(C(=O)CN)cc1)C(=O)c1ccc(OC(C)=O)cc1. The third-order valence-electron chi connectivity index (χ3n) is 4.72. The van der Waals surface area contributed by atoms with E-state index in [2.05, 4.69) is 0 Å². The van der Waals surface area contributed by atoms with Crippen molar-refractivity contribution in [2.24, 2.45) is 11.7 Å². The number of carbonyl (C=O) groups excluding carboxylic acids is 3. The highest BCUT2D eigenvalue weighted by Gasteiger charge is 2.23. The van der Waals surface area contributed by atoms with Gasteiger partial charge in [-0.3, -0.25) is 14.4 Å². The van der Waals surface area contributed by atoms with Gasteiger partial charge in [-0.1, -0.05) is 31.2 Å². The molecule has 29 heavy (non-hydrogen) atoms. The number of halogens is 1. The molecule has 0 spiro atoms. The Bertz CT molecular complexity index is 846. The van der Waals surface area contributed by atoms with Crippen molar-refractivity contribution in [3.8, 4) is 5.75 Å². The molecule has 2 N–H and O–H groups in total. The second-order valence-electron chi connectivity index (χ2n) is 6.95. The summed E-state index contributed by atoms with van der Waals surface area (Å²) in [7, 11) is 0. The lowest BCUT2D eigenvalue weighted by atomic mass is 9.89. The van der Waals surface area contributed by atoms with E-state index in [1.807, 2.05) is 6.92 Å². The lowest BCUT2D eigenvalue weighted by Gasteiger charge is -2.17. The normalized spacial score (nSPS) is 12.8. The molecule has 0 saturated carbocycles. The molecule has 2 unspecified atom stereocenters. The summed E-state index contributed by atoms with van der Waals surface area (Å²) in [6.07, 6.45) is -0.369. The highest BCUT2D eigenvalue weighted by molar-refractivity contribution is 5.98. The minimum Gasteiger partial charge on any atom is -0.427 e. The number of hydrogen-bond acceptors (Lipinski definition) is 5. The van der Waals surface area contributed by atoms with Crippen LogP contribution in [0.4, 0.5) is 4.39 Å². The number of ketones is 2. The van der Waals surface area contributed by atoms with E-state index >= 15 is 0 Å². The van der Waals surface area contributed by atoms with Gasteiger partial charge in [0.25, 0.3) is 0 Å². The average Bonchev–Trinajstić information content (AvgIpc) is 2.71. The predicted molar refractivity (Wildman–Crippen MR) is 109 cm³/mol. The minimum atomic E-state index is -1.18. The van der Waals surface area contributed by atoms with Gasteiger partial charge >= 0.3 is 5.97 Å². The van der Waals surface area contributed by atoms with Crippen LogP contribution in [0, 0.1) is 5.92 Å². The minimum absolute atomic E-state index is 0.0623. The Morgan fingerprint density at radius 2 is 1.59 bits per heavy atom. The van der Waals surface area contributed by atoms with Gasteiger partial charge in [0.15, 0.2) is 11.6 Å². The van der Waals surface area contributed by atoms with Crippen molar-refractivity contribution in [2.45, 2.75) is 39.3 Å². The second kappa shape index (κ2) is 10.6. The highest BCUT2D eigenvalue weighted by Crippen LogP contribution is 2.23. The Hall–Kier alpha value is -2.86. The van der Waals surface area contributed by atoms with Crippen LogP contribution in [0.15, 0.2) is 48.5 Å². The van der Waals surface area contributed by atoms with E-state index in [0.29, 0.717) is 23.3 Å². The van der Waals surface area contributed by atoms with Gasteiger partial charge in [0, 0.05) is 30.4 Å². The zero-order valence-corrected chi connectivity index (χ0v) is 16.7. The maximum Gasteiger partial charge on any atom is 0.308 e. The molecule has 154 valence electrons. The first-order chi connectivity index (χ1) is 13.8. The van der Waals surface area contributed by atoms with E-state index < -0.39 is 18.1 Å². The fourth-order valence-electron chi connectivity index (χ4n) is 3.14. The van der Waals surface area contributed by atoms with Gasteiger partial charge in [0.1, 0.15) is 11.9 Å². The molecule has 2 atom stereocenters. The van der Waals surface area contributed by atoms with Gasteiger partial charge in [-0.25, -0.2) is 4.39 Å². The number of benzene rings is 2. The Labute approximate surface area is 170 Å². The predicted octanol–water partition coefficient (Wildman–Crippen LogP) is 3.93. The van der Waals surface area contributed by atoms with Gasteiger partial charge in [0.05, 0.1) is 6.54 Å². The average molecular weight is 399 g/mol. The number of rotatable bonds is 10. The van der Waals surface area contributed by atoms with Gasteiger partial charge in [-0.2, -0.15) is 0 Å². The Balaban J connectivity index is 1.98. The van der Waals surface area contributed by atoms with Crippen molar-refractivity contribution in [1.82, 2.24) is 0 Å². The van der Waals surface area contributed by atoms with E-state index in [0.717, 1.165) is 5.56 Å². The number of ether oxygens (including phenoxy) is 1. The molecule has 0 radical (unpaired) electrons. The zero-order valence-electron chi connectivity index (χ0n) is 16.7. The molecule has 5 nitrogen and oxygen atoms in total. The zero-order chi connectivity index (χ0) is 21.4. The Kier molecular flexibility index (Phi) is 8.21. The van der Waals surface area contributed by atoms with Crippen LogP contribution in [0.2, 0.25) is 0 Å². The lowest BCUT2D eigenvalue weighted by molar-refractivity contribution is -0.131. The molecule has 0 fully saturated rings. The van der Waals surface area contributed by atoms with Crippen LogP contribution in [0.5, 0.6) is 5.75 Å². The third-order valence-corrected chi connectivity index (χ3v) is 4.72. The van der Waals surface area contributed by atoms with Crippen molar-refractivity contribution < 1.29 is 23.5 Å². The quantitative estimate of drug-likeness (QED) is 0.372. The highest BCUT2D eigenvalue weighted by atomic mass is 19.1. The molecule has 2 rings (SSSR count). The fourth-order valence-corrected chi connectivity index (χ4v) is 3.14. The fraction of sp³-hybridized carbons (Fsp3) is 0.348. The molecular weight excluding hydrogens is 373 g/mol. The van der Waals surface area contributed by atoms with Crippen LogP contribution in [0.3, 0.4) is 0 Å². The first kappa shape index (κ1) is 22.4. The molecule has 0 aliphatic rings. The van der Waals surface area contributed by atoms with E-state index in [1.165, 1.54) is 6.92 Å². The molecule has 2 aromatic rings. The number of nitrogens with two attached hydrogens (primary N) is 1. The maximum atomic E-state index is 14.6. The second-order valence-corrected chi connectivity index (χ2v) is 6.95. The van der Waals surface area contributed by atoms with Gasteiger partial charge in [-0.05, 0) is 42.7 Å². The third kappa shape index (κ3) is 6.61. The summed E-state index contributed by atoms with van der Waals surface area (Å²) in [6.45, 7) is 3.10. The van der Waals surface area contributed by atoms with Crippen LogP contribution < -0.4 is 10.5 Å². The number of alkyl halides is 1. The summed E-state index contributed by atoms with van der Waals surface area (Å²) in [5.74, 6) is -0.806. The smallest absolute Gasteiger partial charge is 0.308 e. The van der Waals surface area contributed by atoms with Gasteiger partial charge < -0.3 is 10.5 Å². The molecule has 6 heteroatoms. The van der Waals surface area contributed by atoms with E-state index in [4.69, 9.17) is 10.5 Å². The molecule has 0 aliphatic heterocycles. The Morgan fingerprint density at radius 3 is 2.10 bits per heavy atom. The van der Waals surface area contributed by atoms with Crippen molar-refractivity contribution in [3.63, 3.8) is 0 Å². The monoisotopic (exact) mass is 399 g/mol. The number of carbonyl (C=O) groups is 3. The number of Topliss-reactive ketones (excluding diaryl/α,β-unsaturated/α-hetero) is 2. The molecule has 0 aromatic heterocycles. The van der Waals surface area contributed by atoms with Crippen molar-refractivity contribution in [2.75, 3.05) is 6.54 Å². The summed E-state index contributed by atoms with van der Waals surface area (Å²) in [5, 5.41) is 0. The van der Waals surface area contributed by atoms with E-state index in [-0.39, 0.29) is 31.0 Å². The van der Waals surface area contributed by atoms with Crippen LogP contribution in [0.25, 0.3) is 0 Å². The molecule has 0 bridgehead atoms. The molecule has 0 heterocycles. The lowest BCUT2D eigenvalue weighted by Crippen LogP contribution is -2.20. The topological polar surface area (TPSA) is 86.5 Å².